The minimum atomic E-state index is -0.813. The number of aromatic nitrogens is 3. The Kier molecular flexibility index (Phi) is 8.92. The van der Waals surface area contributed by atoms with E-state index in [0.717, 1.165) is 5.56 Å². The molecule has 1 atom stereocenters. The molecule has 7 heteroatoms. The van der Waals surface area contributed by atoms with Gasteiger partial charge in [-0.25, -0.2) is 4.39 Å². The molecular formula is C24H27FN4O2. The molecule has 162 valence electrons. The Hall–Kier alpha value is -3.50. The minimum absolute atomic E-state index is 0.112. The molecule has 1 amide bonds. The van der Waals surface area contributed by atoms with Gasteiger partial charge in [-0.2, -0.15) is 5.10 Å². The molecular weight excluding hydrogens is 395 g/mol. The van der Waals surface area contributed by atoms with Crippen molar-refractivity contribution in [2.24, 2.45) is 7.05 Å². The minimum Gasteiger partial charge on any atom is -0.391 e. The lowest BCUT2D eigenvalue weighted by Gasteiger charge is -2.21. The molecule has 3 aromatic rings. The molecule has 0 fully saturated rings. The zero-order valence-electron chi connectivity index (χ0n) is 18.2. The van der Waals surface area contributed by atoms with Crippen LogP contribution in [0.25, 0.3) is 0 Å². The molecule has 0 radical (unpaired) electrons. The average Bonchev–Trinajstić information content (AvgIpc) is 3.18. The zero-order chi connectivity index (χ0) is 22.8. The maximum absolute atomic E-state index is 13.3. The van der Waals surface area contributed by atoms with Gasteiger partial charge in [-0.15, -0.1) is 0 Å². The monoisotopic (exact) mass is 422 g/mol. The predicted octanol–water partition coefficient (Wildman–Crippen LogP) is 3.06. The molecule has 0 bridgehead atoms. The fourth-order valence-corrected chi connectivity index (χ4v) is 2.88. The quantitative estimate of drug-likeness (QED) is 0.642. The summed E-state index contributed by atoms with van der Waals surface area (Å²) in [5.41, 5.74) is 2.42. The van der Waals surface area contributed by atoms with Crippen LogP contribution in [0.1, 0.15) is 40.9 Å². The topological polar surface area (TPSA) is 71.2 Å². The van der Waals surface area contributed by atoms with Gasteiger partial charge in [0.05, 0.1) is 23.4 Å². The number of pyridine rings is 1. The SMILES string of the molecule is CC.CN(CC(O)Cc1cccc(F)c1)C(=O)c1cncc(C#Cc2cnn(C)c2)c1. The number of halogens is 1. The lowest BCUT2D eigenvalue weighted by Crippen LogP contribution is -2.35. The van der Waals surface area contributed by atoms with Gasteiger partial charge in [0, 0.05) is 51.2 Å². The van der Waals surface area contributed by atoms with Crippen molar-refractivity contribution in [3.05, 3.63) is 83.2 Å². The Bertz CT molecular complexity index is 1070. The third-order valence-corrected chi connectivity index (χ3v) is 4.23. The first-order chi connectivity index (χ1) is 14.9. The first-order valence-electron chi connectivity index (χ1n) is 10.0. The van der Waals surface area contributed by atoms with Gasteiger partial charge in [0.25, 0.3) is 5.91 Å². The van der Waals surface area contributed by atoms with Crippen molar-refractivity contribution in [2.75, 3.05) is 13.6 Å². The average molecular weight is 423 g/mol. The number of aryl methyl sites for hydroxylation is 1. The Morgan fingerprint density at radius 2 is 1.94 bits per heavy atom. The number of nitrogens with zero attached hydrogens (tertiary/aromatic N) is 4. The second-order valence-corrected chi connectivity index (χ2v) is 6.79. The van der Waals surface area contributed by atoms with Crippen molar-refractivity contribution in [3.63, 3.8) is 0 Å². The van der Waals surface area contributed by atoms with E-state index < -0.39 is 6.10 Å². The third-order valence-electron chi connectivity index (χ3n) is 4.23. The number of likely N-dealkylation sites (N-methyl/N-ethyl adjacent to an activating group) is 1. The highest BCUT2D eigenvalue weighted by molar-refractivity contribution is 5.94. The standard InChI is InChI=1S/C22H21FN4O2.C2H6/c1-26(15-21(28)10-16-4-3-5-20(23)9-16)22(29)19-8-17(11-24-13-19)6-7-18-12-25-27(2)14-18;1-2/h3-5,8-9,11-14,21,28H,10,15H2,1-2H3;1-2H3. The van der Waals surface area contributed by atoms with Crippen LogP contribution in [0.2, 0.25) is 0 Å². The highest BCUT2D eigenvalue weighted by Gasteiger charge is 2.16. The van der Waals surface area contributed by atoms with Crippen molar-refractivity contribution < 1.29 is 14.3 Å². The Morgan fingerprint density at radius 3 is 2.61 bits per heavy atom. The van der Waals surface area contributed by atoms with Gasteiger partial charge < -0.3 is 10.0 Å². The molecule has 1 aromatic carbocycles. The number of carbonyl (C=O) groups excluding carboxylic acids is 1. The van der Waals surface area contributed by atoms with Crippen LogP contribution in [0, 0.1) is 17.7 Å². The van der Waals surface area contributed by atoms with Crippen molar-refractivity contribution in [1.29, 1.82) is 0 Å². The number of carbonyl (C=O) groups is 1. The molecule has 2 heterocycles. The second-order valence-electron chi connectivity index (χ2n) is 6.79. The van der Waals surface area contributed by atoms with Gasteiger partial charge in [0.15, 0.2) is 0 Å². The van der Waals surface area contributed by atoms with Crippen molar-refractivity contribution in [2.45, 2.75) is 26.4 Å². The zero-order valence-corrected chi connectivity index (χ0v) is 18.2. The summed E-state index contributed by atoms with van der Waals surface area (Å²) in [7, 11) is 3.41. The summed E-state index contributed by atoms with van der Waals surface area (Å²) in [6.45, 7) is 4.11. The van der Waals surface area contributed by atoms with Crippen LogP contribution in [0.15, 0.2) is 55.1 Å². The van der Waals surface area contributed by atoms with Crippen molar-refractivity contribution >= 4 is 5.91 Å². The van der Waals surface area contributed by atoms with Gasteiger partial charge in [-0.1, -0.05) is 37.8 Å². The van der Waals surface area contributed by atoms with E-state index in [-0.39, 0.29) is 24.7 Å². The van der Waals surface area contributed by atoms with Crippen LogP contribution in [0.4, 0.5) is 4.39 Å². The molecule has 0 saturated carbocycles. The summed E-state index contributed by atoms with van der Waals surface area (Å²) < 4.78 is 14.9. The number of aliphatic hydroxyl groups excluding tert-OH is 1. The lowest BCUT2D eigenvalue weighted by molar-refractivity contribution is 0.0681. The van der Waals surface area contributed by atoms with Crippen LogP contribution in [0.3, 0.4) is 0 Å². The maximum atomic E-state index is 13.3. The van der Waals surface area contributed by atoms with Gasteiger partial charge in [0.1, 0.15) is 5.82 Å². The molecule has 0 spiro atoms. The Morgan fingerprint density at radius 1 is 1.19 bits per heavy atom. The Labute approximate surface area is 182 Å². The summed E-state index contributed by atoms with van der Waals surface area (Å²) in [6.07, 6.45) is 5.94. The highest BCUT2D eigenvalue weighted by Crippen LogP contribution is 2.10. The highest BCUT2D eigenvalue weighted by atomic mass is 19.1. The van der Waals surface area contributed by atoms with E-state index in [4.69, 9.17) is 0 Å². The van der Waals surface area contributed by atoms with Crippen LogP contribution >= 0.6 is 0 Å². The summed E-state index contributed by atoms with van der Waals surface area (Å²) in [4.78, 5) is 18.2. The van der Waals surface area contributed by atoms with E-state index in [2.05, 4.69) is 21.9 Å². The summed E-state index contributed by atoms with van der Waals surface area (Å²) in [5.74, 6) is 5.31. The third kappa shape index (κ3) is 7.36. The summed E-state index contributed by atoms with van der Waals surface area (Å²) >= 11 is 0. The van der Waals surface area contributed by atoms with E-state index in [0.29, 0.717) is 16.7 Å². The molecule has 0 saturated heterocycles. The second kappa shape index (κ2) is 11.6. The van der Waals surface area contributed by atoms with Gasteiger partial charge in [0.2, 0.25) is 0 Å². The van der Waals surface area contributed by atoms with Gasteiger partial charge in [-0.3, -0.25) is 14.5 Å². The fraction of sp³-hybridized carbons (Fsp3) is 0.292. The van der Waals surface area contributed by atoms with Crippen LogP contribution in [-0.2, 0) is 13.5 Å². The fourth-order valence-electron chi connectivity index (χ4n) is 2.88. The van der Waals surface area contributed by atoms with Crippen LogP contribution in [0.5, 0.6) is 0 Å². The molecule has 0 aliphatic heterocycles. The van der Waals surface area contributed by atoms with Gasteiger partial charge >= 0.3 is 0 Å². The molecule has 1 N–H and O–H groups in total. The van der Waals surface area contributed by atoms with Crippen LogP contribution in [-0.4, -0.2) is 50.4 Å². The van der Waals surface area contributed by atoms with E-state index >= 15 is 0 Å². The lowest BCUT2D eigenvalue weighted by atomic mass is 10.1. The number of hydrogen-bond acceptors (Lipinski definition) is 4. The maximum Gasteiger partial charge on any atom is 0.255 e. The van der Waals surface area contributed by atoms with Gasteiger partial charge in [-0.05, 0) is 23.8 Å². The molecule has 6 nitrogen and oxygen atoms in total. The number of amides is 1. The smallest absolute Gasteiger partial charge is 0.255 e. The van der Waals surface area contributed by atoms with E-state index in [1.54, 1.807) is 48.5 Å². The Balaban J connectivity index is 0.00000166. The summed E-state index contributed by atoms with van der Waals surface area (Å²) in [5, 5.41) is 14.3. The number of rotatable bonds is 5. The van der Waals surface area contributed by atoms with Crippen molar-refractivity contribution in [1.82, 2.24) is 19.7 Å². The number of hydrogen-bond donors (Lipinski definition) is 1. The van der Waals surface area contributed by atoms with Crippen LogP contribution < -0.4 is 0 Å². The van der Waals surface area contributed by atoms with E-state index in [9.17, 15) is 14.3 Å². The largest absolute Gasteiger partial charge is 0.391 e. The van der Waals surface area contributed by atoms with E-state index in [1.165, 1.54) is 23.2 Å². The molecule has 2 aromatic heterocycles. The molecule has 3 rings (SSSR count). The molecule has 0 aliphatic rings. The van der Waals surface area contributed by atoms with E-state index in [1.807, 2.05) is 20.9 Å². The first-order valence-corrected chi connectivity index (χ1v) is 10.0. The number of benzene rings is 1. The molecule has 1 unspecified atom stereocenters. The first kappa shape index (κ1) is 23.8. The summed E-state index contributed by atoms with van der Waals surface area (Å²) in [6, 6.07) is 7.72. The molecule has 31 heavy (non-hydrogen) atoms. The normalized spacial score (nSPS) is 10.9. The van der Waals surface area contributed by atoms with Crippen molar-refractivity contribution in [3.8, 4) is 11.8 Å². The molecule has 0 aliphatic carbocycles. The predicted molar refractivity (Wildman–Crippen MR) is 118 cm³/mol. The number of aliphatic hydroxyl groups is 1.